The summed E-state index contributed by atoms with van der Waals surface area (Å²) in [5.74, 6) is 0.296. The lowest BCUT2D eigenvalue weighted by Gasteiger charge is -2.19. The van der Waals surface area contributed by atoms with Crippen molar-refractivity contribution >= 4 is 6.03 Å². The van der Waals surface area contributed by atoms with Crippen molar-refractivity contribution in [2.24, 2.45) is 7.05 Å². The lowest BCUT2D eigenvalue weighted by Crippen LogP contribution is -2.39. The van der Waals surface area contributed by atoms with E-state index in [-0.39, 0.29) is 11.8 Å². The molecule has 5 nitrogen and oxygen atoms in total. The lowest BCUT2D eigenvalue weighted by molar-refractivity contribution is 0.238. The minimum Gasteiger partial charge on any atom is -0.338 e. The molecule has 0 aliphatic carbocycles. The fraction of sp³-hybridized carbons (Fsp3) is 0.273. The van der Waals surface area contributed by atoms with Crippen LogP contribution in [-0.2, 0) is 13.5 Å². The second kappa shape index (κ2) is 9.69. The van der Waals surface area contributed by atoms with Gasteiger partial charge in [0.1, 0.15) is 17.7 Å². The van der Waals surface area contributed by atoms with E-state index in [1.54, 1.807) is 24.5 Å². The van der Waals surface area contributed by atoms with Gasteiger partial charge in [0.15, 0.2) is 0 Å². The lowest BCUT2D eigenvalue weighted by atomic mass is 10.1. The van der Waals surface area contributed by atoms with Gasteiger partial charge >= 0.3 is 6.03 Å². The highest BCUT2D eigenvalue weighted by Crippen LogP contribution is 2.21. The predicted octanol–water partition coefficient (Wildman–Crippen LogP) is 3.97. The van der Waals surface area contributed by atoms with Gasteiger partial charge in [-0.05, 0) is 42.5 Å². The second-order valence-electron chi connectivity index (χ2n) is 6.73. The summed E-state index contributed by atoms with van der Waals surface area (Å²) in [6.07, 6.45) is 6.32. The van der Waals surface area contributed by atoms with Crippen molar-refractivity contribution < 1.29 is 9.18 Å². The molecule has 1 heterocycles. The normalized spacial score (nSPS) is 11.8. The number of imidazole rings is 1. The topological polar surface area (TPSA) is 59.0 Å². The number of hydrogen-bond donors (Lipinski definition) is 2. The van der Waals surface area contributed by atoms with Gasteiger partial charge in [-0.1, -0.05) is 42.5 Å². The monoisotopic (exact) mass is 380 g/mol. The first-order valence-electron chi connectivity index (χ1n) is 9.44. The number of nitrogens with zero attached hydrogens (tertiary/aromatic N) is 2. The van der Waals surface area contributed by atoms with Crippen molar-refractivity contribution in [1.29, 1.82) is 0 Å². The fourth-order valence-corrected chi connectivity index (χ4v) is 3.12. The SMILES string of the molecule is Cn1ccnc1C(NC(=O)NCCCCc1ccccc1)c1cccc(F)c1. The Hall–Kier alpha value is -3.15. The number of benzene rings is 2. The summed E-state index contributed by atoms with van der Waals surface area (Å²) in [6, 6.07) is 15.7. The quantitative estimate of drug-likeness (QED) is 0.581. The van der Waals surface area contributed by atoms with Crippen molar-refractivity contribution in [3.63, 3.8) is 0 Å². The number of urea groups is 1. The van der Waals surface area contributed by atoms with Gasteiger partial charge in [-0.2, -0.15) is 0 Å². The number of aromatic nitrogens is 2. The number of amides is 2. The maximum Gasteiger partial charge on any atom is 0.315 e. The molecule has 0 radical (unpaired) electrons. The van der Waals surface area contributed by atoms with E-state index in [4.69, 9.17) is 0 Å². The molecule has 0 aliphatic rings. The molecular formula is C22H25FN4O. The molecule has 3 aromatic rings. The molecule has 0 saturated heterocycles. The average molecular weight is 380 g/mol. The molecule has 0 fully saturated rings. The maximum atomic E-state index is 13.7. The number of carbonyl (C=O) groups excluding carboxylic acids is 1. The van der Waals surface area contributed by atoms with E-state index in [9.17, 15) is 9.18 Å². The molecule has 6 heteroatoms. The summed E-state index contributed by atoms with van der Waals surface area (Å²) >= 11 is 0. The minimum atomic E-state index is -0.528. The number of hydrogen-bond acceptors (Lipinski definition) is 2. The number of rotatable bonds is 8. The Kier molecular flexibility index (Phi) is 6.78. The molecule has 0 bridgehead atoms. The number of nitrogens with one attached hydrogen (secondary N) is 2. The molecule has 1 unspecified atom stereocenters. The van der Waals surface area contributed by atoms with Gasteiger partial charge in [0, 0.05) is 26.0 Å². The van der Waals surface area contributed by atoms with Gasteiger partial charge in [-0.15, -0.1) is 0 Å². The Morgan fingerprint density at radius 2 is 1.96 bits per heavy atom. The molecule has 2 N–H and O–H groups in total. The summed E-state index contributed by atoms with van der Waals surface area (Å²) < 4.78 is 15.5. The van der Waals surface area contributed by atoms with Gasteiger partial charge in [0.25, 0.3) is 0 Å². The molecule has 2 aromatic carbocycles. The Labute approximate surface area is 164 Å². The fourth-order valence-electron chi connectivity index (χ4n) is 3.12. The molecular weight excluding hydrogens is 355 g/mol. The highest BCUT2D eigenvalue weighted by molar-refractivity contribution is 5.74. The van der Waals surface area contributed by atoms with Crippen LogP contribution >= 0.6 is 0 Å². The third-order valence-electron chi connectivity index (χ3n) is 4.59. The third-order valence-corrected chi connectivity index (χ3v) is 4.59. The summed E-state index contributed by atoms with van der Waals surface area (Å²) in [4.78, 5) is 16.7. The smallest absolute Gasteiger partial charge is 0.315 e. The maximum absolute atomic E-state index is 13.7. The molecule has 146 valence electrons. The zero-order valence-corrected chi connectivity index (χ0v) is 15.9. The molecule has 3 rings (SSSR count). The van der Waals surface area contributed by atoms with Crippen LogP contribution in [-0.4, -0.2) is 22.1 Å². The van der Waals surface area contributed by atoms with Gasteiger partial charge in [0.05, 0.1) is 0 Å². The number of aryl methyl sites for hydroxylation is 2. The summed E-state index contributed by atoms with van der Waals surface area (Å²) in [6.45, 7) is 0.578. The first-order valence-corrected chi connectivity index (χ1v) is 9.44. The largest absolute Gasteiger partial charge is 0.338 e. The van der Waals surface area contributed by atoms with E-state index >= 15 is 0 Å². The predicted molar refractivity (Wildman–Crippen MR) is 107 cm³/mol. The van der Waals surface area contributed by atoms with Crippen LogP contribution < -0.4 is 10.6 Å². The summed E-state index contributed by atoms with van der Waals surface area (Å²) in [7, 11) is 1.85. The van der Waals surface area contributed by atoms with Crippen LogP contribution in [0.25, 0.3) is 0 Å². The summed E-state index contributed by atoms with van der Waals surface area (Å²) in [5.41, 5.74) is 1.95. The zero-order chi connectivity index (χ0) is 19.8. The number of halogens is 1. The van der Waals surface area contributed by atoms with Crippen molar-refractivity contribution in [3.8, 4) is 0 Å². The van der Waals surface area contributed by atoms with Gasteiger partial charge < -0.3 is 15.2 Å². The van der Waals surface area contributed by atoms with E-state index in [1.807, 2.05) is 29.8 Å². The summed E-state index contributed by atoms with van der Waals surface area (Å²) in [5, 5.41) is 5.80. The van der Waals surface area contributed by atoms with Crippen LogP contribution in [0.5, 0.6) is 0 Å². The second-order valence-corrected chi connectivity index (χ2v) is 6.73. The highest BCUT2D eigenvalue weighted by atomic mass is 19.1. The first kappa shape index (κ1) is 19.6. The molecule has 1 atom stereocenters. The van der Waals surface area contributed by atoms with Crippen LogP contribution in [0.4, 0.5) is 9.18 Å². The number of unbranched alkanes of at least 4 members (excludes halogenated alkanes) is 1. The number of carbonyl (C=O) groups is 1. The van der Waals surface area contributed by atoms with E-state index in [0.717, 1.165) is 19.3 Å². The molecule has 28 heavy (non-hydrogen) atoms. The van der Waals surface area contributed by atoms with Crippen molar-refractivity contribution in [3.05, 3.63) is 89.8 Å². The van der Waals surface area contributed by atoms with E-state index < -0.39 is 6.04 Å². The van der Waals surface area contributed by atoms with E-state index in [2.05, 4.69) is 27.8 Å². The van der Waals surface area contributed by atoms with Gasteiger partial charge in [-0.3, -0.25) is 0 Å². The molecule has 1 aromatic heterocycles. The van der Waals surface area contributed by atoms with Crippen LogP contribution in [0.2, 0.25) is 0 Å². The Balaban J connectivity index is 1.54. The molecule has 2 amide bonds. The average Bonchev–Trinajstić information content (AvgIpc) is 3.12. The van der Waals surface area contributed by atoms with E-state index in [0.29, 0.717) is 17.9 Å². The van der Waals surface area contributed by atoms with Gasteiger partial charge in [0.2, 0.25) is 0 Å². The van der Waals surface area contributed by atoms with Crippen molar-refractivity contribution in [1.82, 2.24) is 20.2 Å². The third kappa shape index (κ3) is 5.42. The zero-order valence-electron chi connectivity index (χ0n) is 15.9. The van der Waals surface area contributed by atoms with Gasteiger partial charge in [-0.25, -0.2) is 14.2 Å². The highest BCUT2D eigenvalue weighted by Gasteiger charge is 2.21. The Bertz CT molecular complexity index is 894. The Morgan fingerprint density at radius 1 is 1.14 bits per heavy atom. The molecule has 0 spiro atoms. The minimum absolute atomic E-state index is 0.294. The Morgan fingerprint density at radius 3 is 2.68 bits per heavy atom. The van der Waals surface area contributed by atoms with Crippen LogP contribution in [0.15, 0.2) is 67.0 Å². The van der Waals surface area contributed by atoms with E-state index in [1.165, 1.54) is 17.7 Å². The van der Waals surface area contributed by atoms with Crippen molar-refractivity contribution in [2.75, 3.05) is 6.54 Å². The van der Waals surface area contributed by atoms with Crippen molar-refractivity contribution in [2.45, 2.75) is 25.3 Å². The standard InChI is InChI=1S/C22H25FN4O/c1-27-15-14-24-21(27)20(18-11-7-12-19(23)16-18)26-22(28)25-13-6-5-10-17-8-3-2-4-9-17/h2-4,7-9,11-12,14-16,20H,5-6,10,13H2,1H3,(H2,25,26,28). The van der Waals surface area contributed by atoms with Crippen LogP contribution in [0.3, 0.4) is 0 Å². The molecule has 0 saturated carbocycles. The first-order chi connectivity index (χ1) is 13.6. The van der Waals surface area contributed by atoms with Crippen LogP contribution in [0.1, 0.15) is 35.8 Å². The van der Waals surface area contributed by atoms with Crippen LogP contribution in [0, 0.1) is 5.82 Å². The molecule has 0 aliphatic heterocycles.